The Bertz CT molecular complexity index is 2600. The zero-order valence-corrected chi connectivity index (χ0v) is 22.4. The van der Waals surface area contributed by atoms with E-state index in [0.717, 1.165) is 71.0 Å². The molecule has 5 nitrogen and oxygen atoms in total. The Kier molecular flexibility index (Phi) is 4.70. The lowest BCUT2D eigenvalue weighted by atomic mass is 9.95. The van der Waals surface area contributed by atoms with E-state index in [1.807, 2.05) is 72.8 Å². The highest BCUT2D eigenvalue weighted by molar-refractivity contribution is 6.35. The summed E-state index contributed by atoms with van der Waals surface area (Å²) in [5.41, 5.74) is 5.36. The lowest BCUT2D eigenvalue weighted by Gasteiger charge is -2.14. The van der Waals surface area contributed by atoms with Crippen molar-refractivity contribution in [3.05, 3.63) is 138 Å². The van der Waals surface area contributed by atoms with Crippen LogP contribution in [0.15, 0.2) is 132 Å². The quantitative estimate of drug-likeness (QED) is 0.224. The van der Waals surface area contributed by atoms with Crippen molar-refractivity contribution in [2.75, 3.05) is 0 Å². The van der Waals surface area contributed by atoms with Crippen molar-refractivity contribution in [2.24, 2.45) is 0 Å². The van der Waals surface area contributed by atoms with Gasteiger partial charge < -0.3 is 4.98 Å². The molecule has 9 rings (SSSR count). The first-order valence-electron chi connectivity index (χ1n) is 14.0. The van der Waals surface area contributed by atoms with Gasteiger partial charge in [0.1, 0.15) is 0 Å². The Morgan fingerprint density at radius 1 is 0.524 bits per heavy atom. The molecule has 9 aromatic rings. The molecule has 0 atom stereocenters. The summed E-state index contributed by atoms with van der Waals surface area (Å²) in [6, 6.07) is 43.0. The summed E-state index contributed by atoms with van der Waals surface area (Å²) in [5.74, 6) is 0.570. The standard InChI is InChI=1S/C37H22N4O/c42-36-33-31(25-16-6-9-19-28(25)38-36)23-14-4-5-15-24(23)35-32(33)27-18-8-11-21-30(27)41(35)37-39-29-20-10-7-17-26(29)34(40-37)22-12-2-1-3-13-22/h1-21H,(H,38,42). The van der Waals surface area contributed by atoms with Crippen LogP contribution in [0.1, 0.15) is 0 Å². The molecule has 0 aliphatic carbocycles. The highest BCUT2D eigenvalue weighted by atomic mass is 16.1. The fraction of sp³-hybridized carbons (Fsp3) is 0. The Balaban J connectivity index is 1.55. The van der Waals surface area contributed by atoms with Crippen LogP contribution in [0.4, 0.5) is 0 Å². The third-order valence-corrected chi connectivity index (χ3v) is 8.34. The van der Waals surface area contributed by atoms with Gasteiger partial charge in [-0.15, -0.1) is 0 Å². The van der Waals surface area contributed by atoms with E-state index in [-0.39, 0.29) is 5.56 Å². The number of hydrogen-bond donors (Lipinski definition) is 1. The number of rotatable bonds is 2. The van der Waals surface area contributed by atoms with E-state index in [0.29, 0.717) is 11.3 Å². The Hall–Kier alpha value is -5.81. The predicted molar refractivity (Wildman–Crippen MR) is 172 cm³/mol. The minimum atomic E-state index is -0.105. The Labute approximate surface area is 239 Å². The number of nitrogens with one attached hydrogen (secondary N) is 1. The SMILES string of the molecule is O=c1[nH]c2ccccc2c2c3ccccc3c3c(c4ccccc4n3-c3nc(-c4ccccc4)c4ccccc4n3)c12. The maximum Gasteiger partial charge on any atom is 0.257 e. The van der Waals surface area contributed by atoms with Crippen LogP contribution < -0.4 is 5.56 Å². The van der Waals surface area contributed by atoms with Crippen LogP contribution >= 0.6 is 0 Å². The molecule has 1 N–H and O–H groups in total. The summed E-state index contributed by atoms with van der Waals surface area (Å²) >= 11 is 0. The topological polar surface area (TPSA) is 63.6 Å². The lowest BCUT2D eigenvalue weighted by Crippen LogP contribution is -2.08. The van der Waals surface area contributed by atoms with Crippen LogP contribution in [-0.4, -0.2) is 19.5 Å². The second-order valence-corrected chi connectivity index (χ2v) is 10.6. The van der Waals surface area contributed by atoms with E-state index in [4.69, 9.17) is 9.97 Å². The van der Waals surface area contributed by atoms with Crippen LogP contribution in [0.5, 0.6) is 0 Å². The number of H-pyrrole nitrogens is 1. The van der Waals surface area contributed by atoms with Crippen LogP contribution in [0.2, 0.25) is 0 Å². The van der Waals surface area contributed by atoms with Gasteiger partial charge in [0, 0.05) is 43.4 Å². The summed E-state index contributed by atoms with van der Waals surface area (Å²) in [6.45, 7) is 0. The second-order valence-electron chi connectivity index (χ2n) is 10.6. The molecular weight excluding hydrogens is 516 g/mol. The smallest absolute Gasteiger partial charge is 0.257 e. The van der Waals surface area contributed by atoms with Gasteiger partial charge in [-0.25, -0.2) is 9.97 Å². The maximum atomic E-state index is 14.0. The summed E-state index contributed by atoms with van der Waals surface area (Å²) in [6.07, 6.45) is 0. The summed E-state index contributed by atoms with van der Waals surface area (Å²) in [4.78, 5) is 27.5. The number of aromatic amines is 1. The molecule has 0 saturated heterocycles. The van der Waals surface area contributed by atoms with Gasteiger partial charge in [-0.2, -0.15) is 0 Å². The normalized spacial score (nSPS) is 11.9. The number of benzene rings is 6. The van der Waals surface area contributed by atoms with E-state index in [1.54, 1.807) is 0 Å². The van der Waals surface area contributed by atoms with Crippen LogP contribution in [0.25, 0.3) is 82.4 Å². The first kappa shape index (κ1) is 22.9. The van der Waals surface area contributed by atoms with Gasteiger partial charge in [0.2, 0.25) is 5.95 Å². The number of aromatic nitrogens is 4. The highest BCUT2D eigenvalue weighted by Crippen LogP contribution is 2.42. The van der Waals surface area contributed by atoms with Crippen molar-refractivity contribution in [1.82, 2.24) is 19.5 Å². The molecule has 0 fully saturated rings. The Morgan fingerprint density at radius 2 is 1.17 bits per heavy atom. The predicted octanol–water partition coefficient (Wildman–Crippen LogP) is 8.54. The largest absolute Gasteiger partial charge is 0.321 e. The molecule has 0 saturated carbocycles. The average Bonchev–Trinajstić information content (AvgIpc) is 3.40. The fourth-order valence-electron chi connectivity index (χ4n) is 6.61. The van der Waals surface area contributed by atoms with Crippen molar-refractivity contribution in [2.45, 2.75) is 0 Å². The minimum absolute atomic E-state index is 0.105. The summed E-state index contributed by atoms with van der Waals surface area (Å²) in [7, 11) is 0. The average molecular weight is 539 g/mol. The number of pyridine rings is 1. The molecule has 0 radical (unpaired) electrons. The summed E-state index contributed by atoms with van der Waals surface area (Å²) in [5, 5.41) is 7.62. The number of para-hydroxylation sites is 3. The van der Waals surface area contributed by atoms with Gasteiger partial charge >= 0.3 is 0 Å². The van der Waals surface area contributed by atoms with E-state index in [9.17, 15) is 4.79 Å². The van der Waals surface area contributed by atoms with Gasteiger partial charge in [0.15, 0.2) is 0 Å². The van der Waals surface area contributed by atoms with Crippen molar-refractivity contribution in [3.8, 4) is 17.2 Å². The molecule has 0 amide bonds. The van der Waals surface area contributed by atoms with Crippen molar-refractivity contribution >= 4 is 65.2 Å². The minimum Gasteiger partial charge on any atom is -0.321 e. The molecule has 0 unspecified atom stereocenters. The molecule has 0 bridgehead atoms. The first-order chi connectivity index (χ1) is 20.8. The van der Waals surface area contributed by atoms with E-state index in [1.165, 1.54) is 0 Å². The summed E-state index contributed by atoms with van der Waals surface area (Å²) < 4.78 is 2.14. The molecule has 3 heterocycles. The maximum absolute atomic E-state index is 14.0. The molecule has 0 aliphatic heterocycles. The van der Waals surface area contributed by atoms with Gasteiger partial charge in [-0.05, 0) is 23.6 Å². The zero-order chi connectivity index (χ0) is 27.8. The third kappa shape index (κ3) is 3.10. The van der Waals surface area contributed by atoms with Gasteiger partial charge in [-0.3, -0.25) is 9.36 Å². The monoisotopic (exact) mass is 538 g/mol. The van der Waals surface area contributed by atoms with E-state index >= 15 is 0 Å². The van der Waals surface area contributed by atoms with Crippen molar-refractivity contribution < 1.29 is 0 Å². The molecule has 196 valence electrons. The molecule has 42 heavy (non-hydrogen) atoms. The molecule has 0 spiro atoms. The highest BCUT2D eigenvalue weighted by Gasteiger charge is 2.23. The lowest BCUT2D eigenvalue weighted by molar-refractivity contribution is 1.02. The van der Waals surface area contributed by atoms with Crippen LogP contribution in [0, 0.1) is 0 Å². The van der Waals surface area contributed by atoms with E-state index < -0.39 is 0 Å². The fourth-order valence-corrected chi connectivity index (χ4v) is 6.61. The third-order valence-electron chi connectivity index (χ3n) is 8.34. The van der Waals surface area contributed by atoms with Crippen LogP contribution in [0.3, 0.4) is 0 Å². The second kappa shape index (κ2) is 8.59. The number of nitrogens with zero attached hydrogens (tertiary/aromatic N) is 3. The zero-order valence-electron chi connectivity index (χ0n) is 22.4. The van der Waals surface area contributed by atoms with Gasteiger partial charge in [0.05, 0.1) is 27.6 Å². The van der Waals surface area contributed by atoms with Crippen molar-refractivity contribution in [1.29, 1.82) is 0 Å². The number of fused-ring (bicyclic) bond motifs is 11. The van der Waals surface area contributed by atoms with Gasteiger partial charge in [-0.1, -0.05) is 109 Å². The Morgan fingerprint density at radius 3 is 2.00 bits per heavy atom. The van der Waals surface area contributed by atoms with Gasteiger partial charge in [0.25, 0.3) is 5.56 Å². The number of hydrogen-bond acceptors (Lipinski definition) is 3. The molecule has 3 aromatic heterocycles. The molecule has 5 heteroatoms. The molecular formula is C37H22N4O. The molecule has 0 aliphatic rings. The first-order valence-corrected chi connectivity index (χ1v) is 14.0. The van der Waals surface area contributed by atoms with Crippen LogP contribution in [-0.2, 0) is 0 Å². The van der Waals surface area contributed by atoms with Crippen molar-refractivity contribution in [3.63, 3.8) is 0 Å². The van der Waals surface area contributed by atoms with E-state index in [2.05, 4.69) is 64.1 Å². The molecule has 6 aromatic carbocycles.